The van der Waals surface area contributed by atoms with E-state index < -0.39 is 0 Å². The van der Waals surface area contributed by atoms with E-state index in [4.69, 9.17) is 11.6 Å². The van der Waals surface area contributed by atoms with Gasteiger partial charge in [-0.1, -0.05) is 0 Å². The number of anilines is 2. The minimum atomic E-state index is -0.0199. The van der Waals surface area contributed by atoms with Crippen LogP contribution < -0.4 is 10.2 Å². The molecule has 1 saturated heterocycles. The number of hydrogen-bond acceptors (Lipinski definition) is 6. The molecule has 8 heteroatoms. The maximum atomic E-state index is 11.8. The summed E-state index contributed by atoms with van der Waals surface area (Å²) in [7, 11) is 1.75. The zero-order valence-corrected chi connectivity index (χ0v) is 13.2. The Hall–Kier alpha value is -1.63. The molecule has 0 aliphatic carbocycles. The van der Waals surface area contributed by atoms with E-state index in [1.54, 1.807) is 11.9 Å². The lowest BCUT2D eigenvalue weighted by Gasteiger charge is -2.26. The zero-order valence-electron chi connectivity index (χ0n) is 12.5. The lowest BCUT2D eigenvalue weighted by atomic mass is 10.1. The first kappa shape index (κ1) is 15.8. The largest absolute Gasteiger partial charge is 0.345 e. The third-order valence-corrected chi connectivity index (χ3v) is 3.70. The fourth-order valence-corrected chi connectivity index (χ4v) is 2.28. The molecule has 1 N–H and O–H groups in total. The van der Waals surface area contributed by atoms with Crippen molar-refractivity contribution in [3.63, 3.8) is 0 Å². The molecule has 0 radical (unpaired) electrons. The molecule has 1 aliphatic rings. The van der Waals surface area contributed by atoms with Gasteiger partial charge in [0.1, 0.15) is 0 Å². The molecule has 7 nitrogen and oxygen atoms in total. The molecule has 1 aromatic heterocycles. The molecule has 0 aromatic carbocycles. The topological polar surface area (TPSA) is 74.2 Å². The summed E-state index contributed by atoms with van der Waals surface area (Å²) >= 11 is 5.95. The summed E-state index contributed by atoms with van der Waals surface area (Å²) in [6, 6.07) is 0. The first-order chi connectivity index (χ1) is 10.1. The summed E-state index contributed by atoms with van der Waals surface area (Å²) in [5.74, 6) is 0.899. The van der Waals surface area contributed by atoms with Crippen LogP contribution in [0, 0.1) is 0 Å². The van der Waals surface area contributed by atoms with Gasteiger partial charge in [0.05, 0.1) is 6.54 Å². The molecular formula is C13H21ClN6O. The molecule has 0 bridgehead atoms. The van der Waals surface area contributed by atoms with E-state index >= 15 is 0 Å². The molecule has 116 valence electrons. The number of rotatable bonds is 5. The van der Waals surface area contributed by atoms with Gasteiger partial charge in [-0.3, -0.25) is 4.79 Å². The third-order valence-electron chi connectivity index (χ3n) is 3.53. The lowest BCUT2D eigenvalue weighted by molar-refractivity contribution is -0.127. The SMILES string of the molecule is CCN(C)C(=O)CNc1nc(Cl)nc(N2CCCCC2)n1. The van der Waals surface area contributed by atoms with Crippen LogP contribution >= 0.6 is 11.6 Å². The van der Waals surface area contributed by atoms with Crippen molar-refractivity contribution in [2.24, 2.45) is 0 Å². The summed E-state index contributed by atoms with van der Waals surface area (Å²) in [4.78, 5) is 28.0. The minimum absolute atomic E-state index is 0.0199. The highest BCUT2D eigenvalue weighted by Crippen LogP contribution is 2.18. The van der Waals surface area contributed by atoms with E-state index in [0.29, 0.717) is 18.4 Å². The Morgan fingerprint density at radius 1 is 1.29 bits per heavy atom. The second-order valence-electron chi connectivity index (χ2n) is 5.04. The molecule has 0 atom stereocenters. The van der Waals surface area contributed by atoms with Crippen molar-refractivity contribution in [2.75, 3.05) is 43.4 Å². The maximum absolute atomic E-state index is 11.8. The lowest BCUT2D eigenvalue weighted by Crippen LogP contribution is -2.33. The number of hydrogen-bond donors (Lipinski definition) is 1. The van der Waals surface area contributed by atoms with Gasteiger partial charge in [0.2, 0.25) is 23.1 Å². The maximum Gasteiger partial charge on any atom is 0.241 e. The van der Waals surface area contributed by atoms with Gasteiger partial charge in [-0.15, -0.1) is 0 Å². The molecule has 2 heterocycles. The van der Waals surface area contributed by atoms with Gasteiger partial charge in [-0.05, 0) is 37.8 Å². The van der Waals surface area contributed by atoms with Gasteiger partial charge in [0, 0.05) is 26.7 Å². The fourth-order valence-electron chi connectivity index (χ4n) is 2.12. The summed E-state index contributed by atoms with van der Waals surface area (Å²) < 4.78 is 0. The summed E-state index contributed by atoms with van der Waals surface area (Å²) in [6.45, 7) is 4.59. The van der Waals surface area contributed by atoms with E-state index in [1.165, 1.54) is 6.42 Å². The molecular weight excluding hydrogens is 292 g/mol. The van der Waals surface area contributed by atoms with Gasteiger partial charge < -0.3 is 15.1 Å². The van der Waals surface area contributed by atoms with Gasteiger partial charge in [-0.2, -0.15) is 15.0 Å². The first-order valence-electron chi connectivity index (χ1n) is 7.24. The van der Waals surface area contributed by atoms with Gasteiger partial charge in [-0.25, -0.2) is 0 Å². The van der Waals surface area contributed by atoms with Gasteiger partial charge >= 0.3 is 0 Å². The van der Waals surface area contributed by atoms with E-state index in [0.717, 1.165) is 25.9 Å². The Balaban J connectivity index is 2.02. The molecule has 1 amide bonds. The molecule has 1 aromatic rings. The Morgan fingerprint density at radius 3 is 2.67 bits per heavy atom. The van der Waals surface area contributed by atoms with Crippen LogP contribution in [-0.2, 0) is 4.79 Å². The number of halogens is 1. The Labute approximate surface area is 129 Å². The highest BCUT2D eigenvalue weighted by atomic mass is 35.5. The average molecular weight is 313 g/mol. The van der Waals surface area contributed by atoms with Crippen LogP contribution in [0.3, 0.4) is 0 Å². The number of amides is 1. The molecule has 1 fully saturated rings. The number of carbonyl (C=O) groups excluding carboxylic acids is 1. The van der Waals surface area contributed by atoms with E-state index in [9.17, 15) is 4.79 Å². The van der Waals surface area contributed by atoms with E-state index in [2.05, 4.69) is 25.2 Å². The third kappa shape index (κ3) is 4.42. The first-order valence-corrected chi connectivity index (χ1v) is 7.62. The van der Waals surface area contributed by atoms with E-state index in [-0.39, 0.29) is 17.7 Å². The monoisotopic (exact) mass is 312 g/mol. The van der Waals surface area contributed by atoms with Crippen LogP contribution in [0.5, 0.6) is 0 Å². The van der Waals surface area contributed by atoms with Crippen molar-refractivity contribution >= 4 is 29.4 Å². The fraction of sp³-hybridized carbons (Fsp3) is 0.692. The van der Waals surface area contributed by atoms with Crippen molar-refractivity contribution in [3.05, 3.63) is 5.28 Å². The number of nitrogens with zero attached hydrogens (tertiary/aromatic N) is 5. The van der Waals surface area contributed by atoms with Crippen molar-refractivity contribution in [3.8, 4) is 0 Å². The van der Waals surface area contributed by atoms with E-state index in [1.807, 2.05) is 6.92 Å². The highest BCUT2D eigenvalue weighted by molar-refractivity contribution is 6.28. The Morgan fingerprint density at radius 2 is 2.00 bits per heavy atom. The van der Waals surface area contributed by atoms with Crippen molar-refractivity contribution < 1.29 is 4.79 Å². The summed E-state index contributed by atoms with van der Waals surface area (Å²) in [5, 5.41) is 3.06. The van der Waals surface area contributed by atoms with Crippen molar-refractivity contribution in [2.45, 2.75) is 26.2 Å². The number of aromatic nitrogens is 3. The van der Waals surface area contributed by atoms with Crippen LogP contribution in [0.2, 0.25) is 5.28 Å². The predicted molar refractivity (Wildman–Crippen MR) is 82.7 cm³/mol. The van der Waals surface area contributed by atoms with Crippen molar-refractivity contribution in [1.29, 1.82) is 0 Å². The van der Waals surface area contributed by atoms with Gasteiger partial charge in [0.25, 0.3) is 0 Å². The second kappa shape index (κ2) is 7.40. The number of piperidine rings is 1. The standard InChI is InChI=1S/C13H21ClN6O/c1-3-19(2)10(21)9-15-12-16-11(14)17-13(18-12)20-7-5-4-6-8-20/h3-9H2,1-2H3,(H,15,16,17,18). The second-order valence-corrected chi connectivity index (χ2v) is 5.38. The van der Waals surface area contributed by atoms with Gasteiger partial charge in [0.15, 0.2) is 0 Å². The zero-order chi connectivity index (χ0) is 15.2. The quantitative estimate of drug-likeness (QED) is 0.886. The Bertz CT molecular complexity index is 492. The van der Waals surface area contributed by atoms with Crippen LogP contribution in [0.1, 0.15) is 26.2 Å². The van der Waals surface area contributed by atoms with Crippen LogP contribution in [0.4, 0.5) is 11.9 Å². The highest BCUT2D eigenvalue weighted by Gasteiger charge is 2.16. The smallest absolute Gasteiger partial charge is 0.241 e. The van der Waals surface area contributed by atoms with Crippen LogP contribution in [-0.4, -0.2) is 59.0 Å². The Kier molecular flexibility index (Phi) is 5.55. The number of carbonyl (C=O) groups is 1. The normalized spacial score (nSPS) is 14.9. The van der Waals surface area contributed by atoms with Crippen molar-refractivity contribution in [1.82, 2.24) is 19.9 Å². The summed E-state index contributed by atoms with van der Waals surface area (Å²) in [6.07, 6.45) is 3.50. The molecule has 2 rings (SSSR count). The molecule has 0 spiro atoms. The predicted octanol–water partition coefficient (Wildman–Crippen LogP) is 1.41. The van der Waals surface area contributed by atoms with Crippen LogP contribution in [0.15, 0.2) is 0 Å². The minimum Gasteiger partial charge on any atom is -0.345 e. The average Bonchev–Trinajstić information content (AvgIpc) is 2.52. The molecule has 1 aliphatic heterocycles. The molecule has 0 saturated carbocycles. The molecule has 21 heavy (non-hydrogen) atoms. The number of likely N-dealkylation sites (N-methyl/N-ethyl adjacent to an activating group) is 1. The van der Waals surface area contributed by atoms with Crippen LogP contribution in [0.25, 0.3) is 0 Å². The summed E-state index contributed by atoms with van der Waals surface area (Å²) in [5.41, 5.74) is 0. The molecule has 0 unspecified atom stereocenters. The number of nitrogens with one attached hydrogen (secondary N) is 1.